The average Bonchev–Trinajstić information content (AvgIpc) is 3.85. The second-order valence-electron chi connectivity index (χ2n) is 15.7. The first kappa shape index (κ1) is 33.7. The molecule has 1 aliphatic heterocycles. The van der Waals surface area contributed by atoms with E-state index in [0.717, 1.165) is 89.1 Å². The first-order valence-electron chi connectivity index (χ1n) is 20.7. The molecule has 0 spiro atoms. The van der Waals surface area contributed by atoms with Gasteiger partial charge in [0.05, 0.1) is 33.5 Å². The Hall–Kier alpha value is -8.28. The van der Waals surface area contributed by atoms with Crippen LogP contribution in [0.15, 0.2) is 206 Å². The molecule has 0 bridgehead atoms. The molecule has 0 N–H and O–H groups in total. The van der Waals surface area contributed by atoms with Gasteiger partial charge in [-0.25, -0.2) is 9.97 Å². The van der Waals surface area contributed by atoms with Crippen LogP contribution in [0.4, 0.5) is 0 Å². The van der Waals surface area contributed by atoms with Crippen molar-refractivity contribution in [3.8, 4) is 67.9 Å². The van der Waals surface area contributed by atoms with E-state index in [1.807, 2.05) is 12.1 Å². The van der Waals surface area contributed by atoms with Gasteiger partial charge in [-0.1, -0.05) is 152 Å². The quantitative estimate of drug-likeness (QED) is 0.175. The largest absolute Gasteiger partial charge is 0.456 e. The van der Waals surface area contributed by atoms with Crippen LogP contribution in [-0.4, -0.2) is 19.1 Å². The highest BCUT2D eigenvalue weighted by molar-refractivity contribution is 6.25. The molecule has 0 atom stereocenters. The van der Waals surface area contributed by atoms with E-state index in [-0.39, 0.29) is 0 Å². The number of hydrogen-bond acceptors (Lipinski definition) is 3. The van der Waals surface area contributed by atoms with Gasteiger partial charge in [-0.05, 0) is 70.6 Å². The van der Waals surface area contributed by atoms with Crippen LogP contribution < -0.4 is 4.74 Å². The molecule has 0 fully saturated rings. The Kier molecular flexibility index (Phi) is 7.24. The van der Waals surface area contributed by atoms with E-state index in [1.54, 1.807) is 0 Å². The Bertz CT molecular complexity index is 3660. The van der Waals surface area contributed by atoms with Crippen molar-refractivity contribution in [1.82, 2.24) is 19.1 Å². The van der Waals surface area contributed by atoms with Crippen LogP contribution >= 0.6 is 0 Å². The first-order valence-corrected chi connectivity index (χ1v) is 20.7. The molecule has 0 saturated carbocycles. The lowest BCUT2D eigenvalue weighted by Gasteiger charge is -2.23. The summed E-state index contributed by atoms with van der Waals surface area (Å²) in [5, 5.41) is 7.07. The Morgan fingerprint density at radius 1 is 0.328 bits per heavy atom. The standard InChI is InChI=1S/C56H34N4O/c1-4-16-35(17-5-1)45-33-46(36-18-6-2-7-19-36)58-56(57-45)60-48-28-13-11-23-43(48)53-39(24-15-29-49(53)60)37-30-31-40-41-25-14-26-44-54-42-22-10-12-27-47(42)59(38-20-8-3-9-21-38)50(54)34-52(55(41)44)61-51(40)32-37/h1-34H. The second kappa shape index (κ2) is 13.1. The number of para-hydroxylation sites is 3. The third-order valence-electron chi connectivity index (χ3n) is 12.3. The van der Waals surface area contributed by atoms with Crippen LogP contribution in [0.5, 0.6) is 11.5 Å². The summed E-state index contributed by atoms with van der Waals surface area (Å²) in [4.78, 5) is 10.5. The van der Waals surface area contributed by atoms with Crippen molar-refractivity contribution in [2.45, 2.75) is 0 Å². The lowest BCUT2D eigenvalue weighted by molar-refractivity contribution is 0.488. The smallest absolute Gasteiger partial charge is 0.235 e. The number of aromatic nitrogens is 4. The van der Waals surface area contributed by atoms with Gasteiger partial charge in [0.2, 0.25) is 5.95 Å². The zero-order chi connectivity index (χ0) is 40.0. The van der Waals surface area contributed by atoms with Crippen LogP contribution in [0.1, 0.15) is 0 Å². The van der Waals surface area contributed by atoms with E-state index in [9.17, 15) is 0 Å². The van der Waals surface area contributed by atoms with Crippen LogP contribution in [0.3, 0.4) is 0 Å². The highest BCUT2D eigenvalue weighted by Crippen LogP contribution is 2.52. The van der Waals surface area contributed by atoms with Gasteiger partial charge in [-0.15, -0.1) is 0 Å². The fourth-order valence-electron chi connectivity index (χ4n) is 9.70. The van der Waals surface area contributed by atoms with Crippen molar-refractivity contribution in [1.29, 1.82) is 0 Å². The summed E-state index contributed by atoms with van der Waals surface area (Å²) in [7, 11) is 0. The maximum atomic E-state index is 7.05. The van der Waals surface area contributed by atoms with E-state index in [2.05, 4.69) is 203 Å². The van der Waals surface area contributed by atoms with Crippen molar-refractivity contribution < 1.29 is 4.74 Å². The van der Waals surface area contributed by atoms with Crippen LogP contribution in [0.2, 0.25) is 0 Å². The maximum absolute atomic E-state index is 7.05. The predicted octanol–water partition coefficient (Wildman–Crippen LogP) is 14.6. The van der Waals surface area contributed by atoms with Gasteiger partial charge in [-0.2, -0.15) is 0 Å². The minimum atomic E-state index is 0.626. The number of ether oxygens (including phenoxy) is 1. The van der Waals surface area contributed by atoms with E-state index >= 15 is 0 Å². The van der Waals surface area contributed by atoms with E-state index in [4.69, 9.17) is 14.7 Å². The molecule has 5 nitrogen and oxygen atoms in total. The van der Waals surface area contributed by atoms with Crippen LogP contribution in [-0.2, 0) is 0 Å². The summed E-state index contributed by atoms with van der Waals surface area (Å²) >= 11 is 0. The molecule has 3 aromatic heterocycles. The molecule has 0 saturated heterocycles. The summed E-state index contributed by atoms with van der Waals surface area (Å²) in [5.41, 5.74) is 13.8. The number of hydrogen-bond donors (Lipinski definition) is 0. The molecule has 0 amide bonds. The summed E-state index contributed by atoms with van der Waals surface area (Å²) in [6.45, 7) is 0. The van der Waals surface area contributed by atoms with Crippen molar-refractivity contribution in [3.05, 3.63) is 206 Å². The number of benzene rings is 9. The highest BCUT2D eigenvalue weighted by Gasteiger charge is 2.26. The summed E-state index contributed by atoms with van der Waals surface area (Å²) < 4.78 is 11.6. The van der Waals surface area contributed by atoms with Crippen LogP contribution in [0, 0.1) is 0 Å². The van der Waals surface area contributed by atoms with Crippen molar-refractivity contribution in [2.75, 3.05) is 0 Å². The third kappa shape index (κ3) is 5.08. The molecule has 0 unspecified atom stereocenters. The zero-order valence-electron chi connectivity index (χ0n) is 32.8. The molecule has 13 rings (SSSR count). The van der Waals surface area contributed by atoms with Gasteiger partial charge < -0.3 is 9.30 Å². The Morgan fingerprint density at radius 3 is 1.62 bits per heavy atom. The molecule has 1 aliphatic rings. The van der Waals surface area contributed by atoms with Crippen molar-refractivity contribution in [3.63, 3.8) is 0 Å². The van der Waals surface area contributed by atoms with E-state index in [1.165, 1.54) is 27.2 Å². The Labute approximate surface area is 351 Å². The molecular formula is C56H34N4O. The fraction of sp³-hybridized carbons (Fsp3) is 0. The second-order valence-corrected chi connectivity index (χ2v) is 15.7. The Morgan fingerprint density at radius 2 is 0.902 bits per heavy atom. The molecule has 9 aromatic carbocycles. The molecule has 4 heterocycles. The Balaban J connectivity index is 1.01. The number of nitrogens with zero attached hydrogens (tertiary/aromatic N) is 4. The third-order valence-corrected chi connectivity index (χ3v) is 12.3. The summed E-state index contributed by atoms with van der Waals surface area (Å²) in [5.74, 6) is 2.33. The lowest BCUT2D eigenvalue weighted by atomic mass is 9.90. The normalized spacial score (nSPS) is 12.1. The molecule has 284 valence electrons. The van der Waals surface area contributed by atoms with Gasteiger partial charge in [0.15, 0.2) is 0 Å². The molecule has 12 aromatic rings. The van der Waals surface area contributed by atoms with E-state index in [0.29, 0.717) is 5.95 Å². The van der Waals surface area contributed by atoms with Gasteiger partial charge in [0, 0.05) is 55.4 Å². The lowest BCUT2D eigenvalue weighted by Crippen LogP contribution is -2.04. The number of fused-ring (bicyclic) bond motifs is 9. The summed E-state index contributed by atoms with van der Waals surface area (Å²) in [6, 6.07) is 72.8. The van der Waals surface area contributed by atoms with Gasteiger partial charge in [0.1, 0.15) is 11.5 Å². The van der Waals surface area contributed by atoms with E-state index < -0.39 is 0 Å². The van der Waals surface area contributed by atoms with Crippen LogP contribution in [0.25, 0.3) is 111 Å². The summed E-state index contributed by atoms with van der Waals surface area (Å²) in [6.07, 6.45) is 0. The maximum Gasteiger partial charge on any atom is 0.235 e. The molecule has 61 heavy (non-hydrogen) atoms. The van der Waals surface area contributed by atoms with Crippen molar-refractivity contribution in [2.24, 2.45) is 0 Å². The monoisotopic (exact) mass is 778 g/mol. The molecule has 5 heteroatoms. The fourth-order valence-corrected chi connectivity index (χ4v) is 9.70. The zero-order valence-corrected chi connectivity index (χ0v) is 32.8. The van der Waals surface area contributed by atoms with Gasteiger partial charge >= 0.3 is 0 Å². The average molecular weight is 779 g/mol. The minimum absolute atomic E-state index is 0.626. The topological polar surface area (TPSA) is 44.9 Å². The predicted molar refractivity (Wildman–Crippen MR) is 250 cm³/mol. The first-order chi connectivity index (χ1) is 30.3. The molecule has 0 aliphatic carbocycles. The molecule has 0 radical (unpaired) electrons. The van der Waals surface area contributed by atoms with Gasteiger partial charge in [-0.3, -0.25) is 4.57 Å². The van der Waals surface area contributed by atoms with Gasteiger partial charge in [0.25, 0.3) is 0 Å². The minimum Gasteiger partial charge on any atom is -0.456 e. The SMILES string of the molecule is c1ccc(-c2cc(-c3ccccc3)nc(-n3c4ccccc4c4c(-c5ccc6c(c5)Oc5cc7c(c8cccc-6c58)c5ccccc5n7-c5ccccc5)cccc43)n2)cc1. The highest BCUT2D eigenvalue weighted by atomic mass is 16.5. The number of rotatable bonds is 5. The molecular weight excluding hydrogens is 745 g/mol. The van der Waals surface area contributed by atoms with Crippen molar-refractivity contribution >= 4 is 54.4 Å².